The number of aliphatic hydroxyl groups excluding tert-OH is 1. The Morgan fingerprint density at radius 2 is 1.91 bits per heavy atom. The number of furan rings is 1. The van der Waals surface area contributed by atoms with Crippen molar-refractivity contribution in [3.05, 3.63) is 64.1 Å². The number of fused-ring (bicyclic) bond motifs is 1. The molecule has 1 aromatic heterocycles. The van der Waals surface area contributed by atoms with Gasteiger partial charge in [0.2, 0.25) is 0 Å². The predicted molar refractivity (Wildman–Crippen MR) is 137 cm³/mol. The minimum atomic E-state index is -0.622. The Kier molecular flexibility index (Phi) is 9.54. The van der Waals surface area contributed by atoms with Crippen molar-refractivity contribution in [3.63, 3.8) is 0 Å². The average molecular weight is 528 g/mol. The molecular weight excluding hydrogens is 500 g/mol. The smallest absolute Gasteiger partial charge is 0.287 e. The molecule has 0 unspecified atom stereocenters. The molecule has 4 rings (SSSR count). The molecule has 0 radical (unpaired) electrons. The molecule has 1 fully saturated rings. The summed E-state index contributed by atoms with van der Waals surface area (Å²) < 4.78 is 24.6. The number of ether oxygens (including phenoxy) is 1. The van der Waals surface area contributed by atoms with E-state index in [1.807, 2.05) is 0 Å². The Hall–Kier alpha value is -1.93. The molecule has 0 saturated heterocycles. The maximum absolute atomic E-state index is 13.5. The first-order chi connectivity index (χ1) is 15.9. The van der Waals surface area contributed by atoms with E-state index in [1.165, 1.54) is 12.1 Å². The Morgan fingerprint density at radius 1 is 1.15 bits per heavy atom. The van der Waals surface area contributed by atoms with Crippen LogP contribution in [-0.4, -0.2) is 29.8 Å². The van der Waals surface area contributed by atoms with Crippen LogP contribution in [0, 0.1) is 11.7 Å². The number of rotatable bonds is 8. The number of nitrogens with one attached hydrogen (secondary N) is 1. The van der Waals surface area contributed by atoms with Crippen molar-refractivity contribution < 1.29 is 23.4 Å². The van der Waals surface area contributed by atoms with Crippen molar-refractivity contribution in [2.24, 2.45) is 5.92 Å². The molecule has 3 aromatic rings. The van der Waals surface area contributed by atoms with E-state index < -0.39 is 11.9 Å². The summed E-state index contributed by atoms with van der Waals surface area (Å²) in [5, 5.41) is 14.7. The third-order valence-electron chi connectivity index (χ3n) is 6.13. The summed E-state index contributed by atoms with van der Waals surface area (Å²) in [5.74, 6) is 0.376. The molecule has 1 aliphatic carbocycles. The average Bonchev–Trinajstić information content (AvgIpc) is 3.23. The fourth-order valence-corrected chi connectivity index (χ4v) is 4.55. The maximum Gasteiger partial charge on any atom is 0.287 e. The van der Waals surface area contributed by atoms with Gasteiger partial charge < -0.3 is 19.6 Å². The van der Waals surface area contributed by atoms with Crippen molar-refractivity contribution in [2.45, 2.75) is 50.7 Å². The number of carbonyl (C=O) groups is 1. The van der Waals surface area contributed by atoms with Gasteiger partial charge in [-0.2, -0.15) is 13.5 Å². The summed E-state index contributed by atoms with van der Waals surface area (Å²) in [7, 11) is 0. The quantitative estimate of drug-likeness (QED) is 0.350. The number of amides is 1. The van der Waals surface area contributed by atoms with Crippen LogP contribution in [0.25, 0.3) is 11.0 Å². The van der Waals surface area contributed by atoms with Gasteiger partial charge in [0.15, 0.2) is 5.76 Å². The van der Waals surface area contributed by atoms with E-state index in [9.17, 15) is 14.3 Å². The number of aliphatic hydroxyl groups is 1. The van der Waals surface area contributed by atoms with Crippen molar-refractivity contribution in [2.75, 3.05) is 6.61 Å². The summed E-state index contributed by atoms with van der Waals surface area (Å²) in [6.07, 6.45) is 4.61. The van der Waals surface area contributed by atoms with Crippen molar-refractivity contribution in [1.29, 1.82) is 0 Å². The van der Waals surface area contributed by atoms with Gasteiger partial charge in [-0.1, -0.05) is 23.2 Å². The summed E-state index contributed by atoms with van der Waals surface area (Å²) >= 11 is 11.7. The lowest BCUT2D eigenvalue weighted by Crippen LogP contribution is -2.37. The summed E-state index contributed by atoms with van der Waals surface area (Å²) in [4.78, 5) is 12.6. The Balaban J connectivity index is 0.00000324. The highest BCUT2D eigenvalue weighted by atomic mass is 35.5. The monoisotopic (exact) mass is 527 g/mol. The second-order valence-electron chi connectivity index (χ2n) is 8.60. The van der Waals surface area contributed by atoms with E-state index in [0.717, 1.165) is 37.5 Å². The van der Waals surface area contributed by atoms with Gasteiger partial charge in [0.1, 0.15) is 23.8 Å². The summed E-state index contributed by atoms with van der Waals surface area (Å²) in [5.41, 5.74) is 0.636. The van der Waals surface area contributed by atoms with Gasteiger partial charge in [-0.05, 0) is 80.8 Å². The van der Waals surface area contributed by atoms with Crippen LogP contribution in [0.3, 0.4) is 0 Å². The highest BCUT2D eigenvalue weighted by Gasteiger charge is 2.24. The molecule has 0 spiro atoms. The number of benzene rings is 2. The van der Waals surface area contributed by atoms with E-state index in [4.69, 9.17) is 32.4 Å². The van der Waals surface area contributed by atoms with Crippen LogP contribution in [0.4, 0.5) is 4.39 Å². The van der Waals surface area contributed by atoms with E-state index in [1.54, 1.807) is 30.3 Å². The topological polar surface area (TPSA) is 71.7 Å². The lowest BCUT2D eigenvalue weighted by Gasteiger charge is -2.29. The van der Waals surface area contributed by atoms with Gasteiger partial charge in [-0.3, -0.25) is 4.79 Å². The van der Waals surface area contributed by atoms with Crippen molar-refractivity contribution >= 4 is 53.6 Å². The van der Waals surface area contributed by atoms with Crippen LogP contribution in [0.1, 0.15) is 49.1 Å². The highest BCUT2D eigenvalue weighted by Crippen LogP contribution is 2.29. The van der Waals surface area contributed by atoms with Crippen LogP contribution >= 0.6 is 36.7 Å². The minimum Gasteiger partial charge on any atom is -0.491 e. The molecule has 0 aliphatic heterocycles. The molecule has 1 aliphatic rings. The number of carbonyl (C=O) groups excluding carboxylic acids is 1. The van der Waals surface area contributed by atoms with Crippen molar-refractivity contribution in [3.8, 4) is 5.75 Å². The van der Waals surface area contributed by atoms with Gasteiger partial charge in [-0.15, -0.1) is 0 Å². The largest absolute Gasteiger partial charge is 0.491 e. The first-order valence-electron chi connectivity index (χ1n) is 11.1. The Labute approximate surface area is 215 Å². The molecule has 184 valence electrons. The normalized spacial score (nSPS) is 18.8. The third-order valence-corrected chi connectivity index (χ3v) is 6.67. The lowest BCUT2D eigenvalue weighted by atomic mass is 9.83. The summed E-state index contributed by atoms with van der Waals surface area (Å²) in [6.45, 7) is 0.106. The third kappa shape index (κ3) is 7.04. The zero-order valence-electron chi connectivity index (χ0n) is 18.5. The number of halogens is 3. The van der Waals surface area contributed by atoms with Crippen LogP contribution in [0.15, 0.2) is 46.9 Å². The number of hydrogen-bond acceptors (Lipinski definition) is 4. The molecule has 1 atom stereocenters. The zero-order chi connectivity index (χ0) is 23.4. The van der Waals surface area contributed by atoms with E-state index in [2.05, 4.69) is 5.32 Å². The number of hydrogen-bond donors (Lipinski definition) is 2. The van der Waals surface area contributed by atoms with E-state index in [-0.39, 0.29) is 42.8 Å². The van der Waals surface area contributed by atoms with Gasteiger partial charge in [0.05, 0.1) is 11.1 Å². The molecule has 2 aromatic carbocycles. The predicted octanol–water partition coefficient (Wildman–Crippen LogP) is 6.50. The Bertz CT molecular complexity index is 1120. The second-order valence-corrected chi connectivity index (χ2v) is 9.45. The molecule has 1 amide bonds. The molecule has 34 heavy (non-hydrogen) atoms. The first-order valence-corrected chi connectivity index (χ1v) is 11.9. The van der Waals surface area contributed by atoms with Crippen molar-refractivity contribution in [1.82, 2.24) is 5.32 Å². The molecule has 2 N–H and O–H groups in total. The van der Waals surface area contributed by atoms with Crippen LogP contribution in [0.2, 0.25) is 10.0 Å². The maximum atomic E-state index is 13.5. The minimum absolute atomic E-state index is 0. The van der Waals surface area contributed by atoms with Gasteiger partial charge in [0, 0.05) is 22.5 Å². The van der Waals surface area contributed by atoms with E-state index >= 15 is 0 Å². The van der Waals surface area contributed by atoms with Gasteiger partial charge >= 0.3 is 0 Å². The van der Waals surface area contributed by atoms with E-state index in [0.29, 0.717) is 28.7 Å². The van der Waals surface area contributed by atoms with Crippen LogP contribution in [-0.2, 0) is 0 Å². The van der Waals surface area contributed by atoms with Crippen LogP contribution < -0.4 is 10.1 Å². The lowest BCUT2D eigenvalue weighted by molar-refractivity contribution is 0.0863. The molecular formula is C25H28Cl2FNO4S. The van der Waals surface area contributed by atoms with Gasteiger partial charge in [-0.25, -0.2) is 4.39 Å². The fraction of sp³-hybridized carbons (Fsp3) is 0.400. The SMILES string of the molecule is O=C(NC1CCC(CC[C@H](O)COc2ccc(Cl)c(F)c2)CC1)c1cc2cc(Cl)ccc2o1.S. The van der Waals surface area contributed by atoms with Gasteiger partial charge in [0.25, 0.3) is 5.91 Å². The van der Waals surface area contributed by atoms with Crippen LogP contribution in [0.5, 0.6) is 5.75 Å². The molecule has 0 bridgehead atoms. The second kappa shape index (κ2) is 12.2. The highest BCUT2D eigenvalue weighted by molar-refractivity contribution is 7.59. The molecule has 9 heteroatoms. The molecule has 5 nitrogen and oxygen atoms in total. The first kappa shape index (κ1) is 26.7. The fourth-order valence-electron chi connectivity index (χ4n) is 4.25. The summed E-state index contributed by atoms with van der Waals surface area (Å²) in [6, 6.07) is 11.3. The molecule has 1 saturated carbocycles. The molecule has 1 heterocycles. The standard InChI is InChI=1S/C25H26Cl2FNO4.H2S/c26-17-4-10-23-16(11-17)12-24(33-23)25(31)29-18-5-1-15(2-6-18)3-7-19(30)14-32-20-8-9-21(27)22(28)13-20;/h4,8-13,15,18-19,30H,1-3,5-7,14H2,(H,29,31);1H2/t15?,18?,19-;/m0./s1. The Morgan fingerprint density at radius 3 is 2.65 bits per heavy atom. The zero-order valence-corrected chi connectivity index (χ0v) is 21.0.